The van der Waals surface area contributed by atoms with Crippen LogP contribution in [0, 0.1) is 0 Å². The summed E-state index contributed by atoms with van der Waals surface area (Å²) < 4.78 is 0. The number of hydrazine groups is 1. The highest BCUT2D eigenvalue weighted by molar-refractivity contribution is 5.82. The number of hydrogen-bond donors (Lipinski definition) is 0. The van der Waals surface area contributed by atoms with Gasteiger partial charge in [-0.25, -0.2) is 5.01 Å². The molecule has 0 unspecified atom stereocenters. The van der Waals surface area contributed by atoms with Crippen molar-refractivity contribution in [1.82, 2.24) is 5.01 Å². The van der Waals surface area contributed by atoms with Crippen LogP contribution in [0.4, 0.5) is 5.69 Å². The van der Waals surface area contributed by atoms with Crippen molar-refractivity contribution in [2.75, 3.05) is 24.6 Å². The summed E-state index contributed by atoms with van der Waals surface area (Å²) in [4.78, 5) is 0. The van der Waals surface area contributed by atoms with Gasteiger partial charge in [-0.2, -0.15) is 0 Å². The van der Waals surface area contributed by atoms with E-state index >= 15 is 0 Å². The number of unbranched alkanes of at least 4 members (excludes halogenated alkanes) is 3. The molecular formula is C25H36N2. The van der Waals surface area contributed by atoms with Crippen LogP contribution in [0.5, 0.6) is 0 Å². The van der Waals surface area contributed by atoms with Crippen LogP contribution in [0.1, 0.15) is 70.4 Å². The van der Waals surface area contributed by atoms with Crippen molar-refractivity contribution in [3.8, 4) is 11.1 Å². The number of benzene rings is 2. The van der Waals surface area contributed by atoms with Gasteiger partial charge in [0, 0.05) is 26.1 Å². The van der Waals surface area contributed by atoms with Crippen molar-refractivity contribution in [3.05, 3.63) is 53.6 Å². The number of nitrogens with zero attached hydrogens (tertiary/aromatic N) is 2. The minimum absolute atomic E-state index is 1.07. The van der Waals surface area contributed by atoms with Crippen molar-refractivity contribution in [2.24, 2.45) is 0 Å². The minimum Gasteiger partial charge on any atom is -0.306 e. The first-order chi connectivity index (χ1) is 13.3. The van der Waals surface area contributed by atoms with E-state index in [0.717, 1.165) is 26.1 Å². The Bertz CT molecular complexity index is 714. The molecule has 0 N–H and O–H groups in total. The van der Waals surface area contributed by atoms with Crippen molar-refractivity contribution >= 4 is 5.69 Å². The molecule has 2 aromatic carbocycles. The predicted octanol–water partition coefficient (Wildman–Crippen LogP) is 6.68. The first-order valence-corrected chi connectivity index (χ1v) is 11.0. The van der Waals surface area contributed by atoms with Gasteiger partial charge in [0.1, 0.15) is 0 Å². The van der Waals surface area contributed by atoms with Gasteiger partial charge in [-0.3, -0.25) is 0 Å². The Morgan fingerprint density at radius 2 is 1.33 bits per heavy atom. The van der Waals surface area contributed by atoms with E-state index in [1.54, 1.807) is 0 Å². The second kappa shape index (κ2) is 9.94. The van der Waals surface area contributed by atoms with E-state index in [1.165, 1.54) is 66.5 Å². The van der Waals surface area contributed by atoms with Gasteiger partial charge in [-0.15, -0.1) is 0 Å². The fourth-order valence-electron chi connectivity index (χ4n) is 4.14. The molecule has 0 radical (unpaired) electrons. The Labute approximate surface area is 166 Å². The highest BCUT2D eigenvalue weighted by Gasteiger charge is 2.25. The van der Waals surface area contributed by atoms with Crippen LogP contribution >= 0.6 is 0 Å². The smallest absolute Gasteiger partial charge is 0.0563 e. The molecule has 0 aliphatic heterocycles. The quantitative estimate of drug-likeness (QED) is 0.350. The minimum atomic E-state index is 1.07. The molecule has 1 aliphatic carbocycles. The summed E-state index contributed by atoms with van der Waals surface area (Å²) in [6.45, 7) is 10.3. The van der Waals surface area contributed by atoms with Gasteiger partial charge < -0.3 is 5.01 Å². The molecule has 0 amide bonds. The summed E-state index contributed by atoms with van der Waals surface area (Å²) in [5.41, 5.74) is 7.30. The van der Waals surface area contributed by atoms with E-state index in [1.807, 2.05) is 0 Å². The van der Waals surface area contributed by atoms with Crippen LogP contribution in [0.3, 0.4) is 0 Å². The molecule has 2 heteroatoms. The number of anilines is 1. The van der Waals surface area contributed by atoms with Crippen LogP contribution in [0.2, 0.25) is 0 Å². The summed E-state index contributed by atoms with van der Waals surface area (Å²) in [6.07, 6.45) is 8.58. The van der Waals surface area contributed by atoms with Crippen LogP contribution < -0.4 is 5.01 Å². The third kappa shape index (κ3) is 4.55. The number of hydrogen-bond acceptors (Lipinski definition) is 2. The Kier molecular flexibility index (Phi) is 7.34. The van der Waals surface area contributed by atoms with Gasteiger partial charge >= 0.3 is 0 Å². The molecule has 2 nitrogen and oxygen atoms in total. The summed E-state index contributed by atoms with van der Waals surface area (Å²) in [5.74, 6) is 0. The van der Waals surface area contributed by atoms with Crippen molar-refractivity contribution in [1.29, 1.82) is 0 Å². The molecule has 0 atom stereocenters. The van der Waals surface area contributed by atoms with Crippen LogP contribution in [-0.4, -0.2) is 24.6 Å². The molecule has 0 spiro atoms. The lowest BCUT2D eigenvalue weighted by atomic mass is 10.0. The van der Waals surface area contributed by atoms with Gasteiger partial charge in [-0.05, 0) is 47.6 Å². The average molecular weight is 365 g/mol. The average Bonchev–Trinajstić information content (AvgIpc) is 3.09. The Morgan fingerprint density at radius 1 is 0.704 bits per heavy atom. The van der Waals surface area contributed by atoms with Gasteiger partial charge in [-0.1, -0.05) is 76.4 Å². The van der Waals surface area contributed by atoms with E-state index in [9.17, 15) is 0 Å². The second-order valence-corrected chi connectivity index (χ2v) is 7.77. The largest absolute Gasteiger partial charge is 0.306 e. The Morgan fingerprint density at radius 3 is 2.04 bits per heavy atom. The highest BCUT2D eigenvalue weighted by Crippen LogP contribution is 2.41. The molecule has 0 bridgehead atoms. The molecular weight excluding hydrogens is 328 g/mol. The maximum Gasteiger partial charge on any atom is 0.0563 e. The standard InChI is InChI=1S/C25H36N2/c1-4-7-17-26(18-8-5-2)27(19-9-6-3)25-16-12-15-23-22-14-11-10-13-21(22)20-24(23)25/h10-16H,4-9,17-20H2,1-3H3. The molecule has 146 valence electrons. The fraction of sp³-hybridized carbons (Fsp3) is 0.520. The maximum atomic E-state index is 2.64. The summed E-state index contributed by atoms with van der Waals surface area (Å²) >= 11 is 0. The van der Waals surface area contributed by atoms with E-state index < -0.39 is 0 Å². The summed E-state index contributed by atoms with van der Waals surface area (Å²) in [7, 11) is 0. The topological polar surface area (TPSA) is 6.48 Å². The lowest BCUT2D eigenvalue weighted by Gasteiger charge is -2.38. The fourth-order valence-corrected chi connectivity index (χ4v) is 4.14. The van der Waals surface area contributed by atoms with Gasteiger partial charge in [0.2, 0.25) is 0 Å². The van der Waals surface area contributed by atoms with E-state index in [0.29, 0.717) is 0 Å². The van der Waals surface area contributed by atoms with E-state index in [2.05, 4.69) is 73.3 Å². The first-order valence-electron chi connectivity index (χ1n) is 11.0. The lowest BCUT2D eigenvalue weighted by molar-refractivity contribution is 0.239. The number of fused-ring (bicyclic) bond motifs is 3. The van der Waals surface area contributed by atoms with Crippen LogP contribution in [0.15, 0.2) is 42.5 Å². The van der Waals surface area contributed by atoms with Crippen molar-refractivity contribution in [2.45, 2.75) is 65.7 Å². The lowest BCUT2D eigenvalue weighted by Crippen LogP contribution is -2.45. The predicted molar refractivity (Wildman–Crippen MR) is 118 cm³/mol. The molecule has 0 aromatic heterocycles. The van der Waals surface area contributed by atoms with Gasteiger partial charge in [0.15, 0.2) is 0 Å². The molecule has 0 saturated carbocycles. The SMILES string of the molecule is CCCCN(CCCC)N(CCCC)c1cccc2c1Cc1ccccc1-2. The third-order valence-electron chi connectivity index (χ3n) is 5.71. The molecule has 3 rings (SSSR count). The first kappa shape index (κ1) is 19.9. The van der Waals surface area contributed by atoms with Crippen LogP contribution in [0.25, 0.3) is 11.1 Å². The molecule has 2 aromatic rings. The van der Waals surface area contributed by atoms with Crippen molar-refractivity contribution < 1.29 is 0 Å². The van der Waals surface area contributed by atoms with Crippen LogP contribution in [-0.2, 0) is 6.42 Å². The molecule has 0 saturated heterocycles. The Balaban J connectivity index is 1.95. The van der Waals surface area contributed by atoms with E-state index in [4.69, 9.17) is 0 Å². The number of rotatable bonds is 11. The molecule has 0 heterocycles. The van der Waals surface area contributed by atoms with Gasteiger partial charge in [0.25, 0.3) is 0 Å². The molecule has 1 aliphatic rings. The molecule has 27 heavy (non-hydrogen) atoms. The summed E-state index contributed by atoms with van der Waals surface area (Å²) in [5, 5.41) is 5.26. The monoisotopic (exact) mass is 364 g/mol. The van der Waals surface area contributed by atoms with Gasteiger partial charge in [0.05, 0.1) is 5.69 Å². The maximum absolute atomic E-state index is 2.64. The zero-order chi connectivity index (χ0) is 19.1. The zero-order valence-electron chi connectivity index (χ0n) is 17.5. The normalized spacial score (nSPS) is 12.3. The third-order valence-corrected chi connectivity index (χ3v) is 5.71. The zero-order valence-corrected chi connectivity index (χ0v) is 17.5. The van der Waals surface area contributed by atoms with E-state index in [-0.39, 0.29) is 0 Å². The molecule has 0 fully saturated rings. The Hall–Kier alpha value is -1.80. The van der Waals surface area contributed by atoms with Crippen molar-refractivity contribution in [3.63, 3.8) is 0 Å². The second-order valence-electron chi connectivity index (χ2n) is 7.77. The highest BCUT2D eigenvalue weighted by atomic mass is 15.6. The summed E-state index contributed by atoms with van der Waals surface area (Å²) in [6, 6.07) is 15.8.